The molecule has 0 amide bonds. The predicted molar refractivity (Wildman–Crippen MR) is 70.9 cm³/mol. The summed E-state index contributed by atoms with van der Waals surface area (Å²) in [5.74, 6) is 0. The lowest BCUT2D eigenvalue weighted by Crippen LogP contribution is -2.22. The van der Waals surface area contributed by atoms with Gasteiger partial charge in [0.2, 0.25) is 0 Å². The van der Waals surface area contributed by atoms with Gasteiger partial charge in [0.25, 0.3) is 5.56 Å². The third kappa shape index (κ3) is 2.74. The molecular weight excluding hydrogens is 282 g/mol. The van der Waals surface area contributed by atoms with Gasteiger partial charge in [0, 0.05) is 16.2 Å². The molecule has 2 rings (SSSR count). The fourth-order valence-corrected chi connectivity index (χ4v) is 1.75. The highest BCUT2D eigenvalue weighted by Gasteiger charge is 2.02. The van der Waals surface area contributed by atoms with Crippen molar-refractivity contribution in [2.45, 2.75) is 13.5 Å². The number of benzene rings is 1. The highest BCUT2D eigenvalue weighted by molar-refractivity contribution is 9.10. The summed E-state index contributed by atoms with van der Waals surface area (Å²) in [5, 5.41) is 4.08. The predicted octanol–water partition coefficient (Wildman–Crippen LogP) is 1.94. The molecule has 1 aromatic heterocycles. The Morgan fingerprint density at radius 1 is 1.41 bits per heavy atom. The van der Waals surface area contributed by atoms with Crippen LogP contribution in [0.2, 0.25) is 0 Å². The zero-order valence-corrected chi connectivity index (χ0v) is 10.9. The minimum Gasteiger partial charge on any atom is -0.398 e. The Morgan fingerprint density at radius 2 is 2.18 bits per heavy atom. The van der Waals surface area contributed by atoms with Crippen molar-refractivity contribution in [3.8, 4) is 0 Å². The van der Waals surface area contributed by atoms with Crippen LogP contribution in [0.1, 0.15) is 11.1 Å². The van der Waals surface area contributed by atoms with Gasteiger partial charge >= 0.3 is 0 Å². The average molecular weight is 294 g/mol. The Balaban J connectivity index is 2.31. The summed E-state index contributed by atoms with van der Waals surface area (Å²) in [6.07, 6.45) is 1.67. The Bertz CT molecular complexity index is 607. The SMILES string of the molecule is Cc1cnn(Cc2ccc(Br)c(N)c2)c(=O)c1. The number of hydrogen-bond donors (Lipinski definition) is 1. The highest BCUT2D eigenvalue weighted by atomic mass is 79.9. The zero-order chi connectivity index (χ0) is 12.4. The lowest BCUT2D eigenvalue weighted by molar-refractivity contribution is 0.636. The van der Waals surface area contributed by atoms with E-state index in [9.17, 15) is 4.79 Å². The van der Waals surface area contributed by atoms with Gasteiger partial charge in [-0.2, -0.15) is 5.10 Å². The van der Waals surface area contributed by atoms with E-state index in [0.29, 0.717) is 12.2 Å². The Hall–Kier alpha value is -1.62. The fourth-order valence-electron chi connectivity index (χ4n) is 1.51. The van der Waals surface area contributed by atoms with Gasteiger partial charge in [-0.15, -0.1) is 0 Å². The summed E-state index contributed by atoms with van der Waals surface area (Å²) >= 11 is 3.33. The molecule has 0 atom stereocenters. The first-order valence-electron chi connectivity index (χ1n) is 5.14. The zero-order valence-electron chi connectivity index (χ0n) is 9.35. The van der Waals surface area contributed by atoms with Crippen molar-refractivity contribution in [3.63, 3.8) is 0 Å². The molecule has 0 aliphatic carbocycles. The fraction of sp³-hybridized carbons (Fsp3) is 0.167. The van der Waals surface area contributed by atoms with Crippen LogP contribution in [0.15, 0.2) is 39.7 Å². The summed E-state index contributed by atoms with van der Waals surface area (Å²) in [6, 6.07) is 7.17. The minimum absolute atomic E-state index is 0.105. The lowest BCUT2D eigenvalue weighted by Gasteiger charge is -2.06. The molecule has 2 N–H and O–H groups in total. The number of anilines is 1. The molecule has 0 bridgehead atoms. The van der Waals surface area contributed by atoms with E-state index in [4.69, 9.17) is 5.73 Å². The van der Waals surface area contributed by atoms with Crippen molar-refractivity contribution >= 4 is 21.6 Å². The van der Waals surface area contributed by atoms with Gasteiger partial charge in [-0.25, -0.2) is 4.68 Å². The summed E-state index contributed by atoms with van der Waals surface area (Å²) in [7, 11) is 0. The summed E-state index contributed by atoms with van der Waals surface area (Å²) in [5.41, 5.74) is 8.14. The Morgan fingerprint density at radius 3 is 2.82 bits per heavy atom. The minimum atomic E-state index is -0.105. The molecule has 88 valence electrons. The summed E-state index contributed by atoms with van der Waals surface area (Å²) in [4.78, 5) is 11.7. The van der Waals surface area contributed by atoms with E-state index in [1.54, 1.807) is 12.3 Å². The monoisotopic (exact) mass is 293 g/mol. The lowest BCUT2D eigenvalue weighted by atomic mass is 10.2. The van der Waals surface area contributed by atoms with Crippen molar-refractivity contribution in [2.75, 3.05) is 5.73 Å². The van der Waals surface area contributed by atoms with E-state index in [1.807, 2.05) is 25.1 Å². The van der Waals surface area contributed by atoms with Crippen LogP contribution >= 0.6 is 15.9 Å². The number of nitrogen functional groups attached to an aromatic ring is 1. The van der Waals surface area contributed by atoms with E-state index >= 15 is 0 Å². The van der Waals surface area contributed by atoms with Crippen LogP contribution in [0, 0.1) is 6.92 Å². The molecule has 1 heterocycles. The molecule has 0 saturated carbocycles. The molecule has 4 nitrogen and oxygen atoms in total. The quantitative estimate of drug-likeness (QED) is 0.861. The van der Waals surface area contributed by atoms with Gasteiger partial charge in [-0.1, -0.05) is 6.07 Å². The highest BCUT2D eigenvalue weighted by Crippen LogP contribution is 2.20. The van der Waals surface area contributed by atoms with Gasteiger partial charge in [0.15, 0.2) is 0 Å². The van der Waals surface area contributed by atoms with Gasteiger partial charge in [0.1, 0.15) is 0 Å². The maximum atomic E-state index is 11.7. The first-order chi connectivity index (χ1) is 8.06. The van der Waals surface area contributed by atoms with Crippen molar-refractivity contribution in [1.82, 2.24) is 9.78 Å². The second kappa shape index (κ2) is 4.71. The average Bonchev–Trinajstić information content (AvgIpc) is 2.27. The maximum Gasteiger partial charge on any atom is 0.267 e. The number of nitrogens with two attached hydrogens (primary N) is 1. The van der Waals surface area contributed by atoms with E-state index in [0.717, 1.165) is 15.6 Å². The molecule has 0 aliphatic rings. The van der Waals surface area contributed by atoms with Gasteiger partial charge in [-0.05, 0) is 46.1 Å². The smallest absolute Gasteiger partial charge is 0.267 e. The van der Waals surface area contributed by atoms with Gasteiger partial charge < -0.3 is 5.73 Å². The molecule has 0 saturated heterocycles. The van der Waals surface area contributed by atoms with Crippen LogP contribution in [0.25, 0.3) is 0 Å². The van der Waals surface area contributed by atoms with Crippen LogP contribution in [0.4, 0.5) is 5.69 Å². The third-order valence-corrected chi connectivity index (χ3v) is 3.12. The topological polar surface area (TPSA) is 60.9 Å². The number of rotatable bonds is 2. The van der Waals surface area contributed by atoms with Crippen LogP contribution in [-0.2, 0) is 6.54 Å². The molecule has 0 spiro atoms. The molecule has 0 unspecified atom stereocenters. The molecule has 1 aromatic carbocycles. The van der Waals surface area contributed by atoms with E-state index < -0.39 is 0 Å². The third-order valence-electron chi connectivity index (χ3n) is 2.40. The largest absolute Gasteiger partial charge is 0.398 e. The number of aryl methyl sites for hydroxylation is 1. The Labute approximate surface area is 107 Å². The van der Waals surface area contributed by atoms with Gasteiger partial charge in [0.05, 0.1) is 12.7 Å². The van der Waals surface area contributed by atoms with Crippen molar-refractivity contribution in [2.24, 2.45) is 0 Å². The Kier molecular flexibility index (Phi) is 3.28. The van der Waals surface area contributed by atoms with Crippen molar-refractivity contribution in [1.29, 1.82) is 0 Å². The van der Waals surface area contributed by atoms with Crippen LogP contribution in [0.3, 0.4) is 0 Å². The van der Waals surface area contributed by atoms with Crippen LogP contribution < -0.4 is 11.3 Å². The second-order valence-corrected chi connectivity index (χ2v) is 4.74. The normalized spacial score (nSPS) is 10.5. The molecular formula is C12H12BrN3O. The van der Waals surface area contributed by atoms with Crippen LogP contribution in [0.5, 0.6) is 0 Å². The van der Waals surface area contributed by atoms with Crippen molar-refractivity contribution in [3.05, 3.63) is 56.4 Å². The number of hydrogen-bond acceptors (Lipinski definition) is 3. The molecule has 0 radical (unpaired) electrons. The first kappa shape index (κ1) is 11.9. The van der Waals surface area contributed by atoms with E-state index in [-0.39, 0.29) is 5.56 Å². The summed E-state index contributed by atoms with van der Waals surface area (Å²) in [6.45, 7) is 2.27. The standard InChI is InChI=1S/C12H12BrN3O/c1-8-4-12(17)16(15-6-8)7-9-2-3-10(13)11(14)5-9/h2-6H,7,14H2,1H3. The molecule has 17 heavy (non-hydrogen) atoms. The maximum absolute atomic E-state index is 11.7. The van der Waals surface area contributed by atoms with Crippen molar-refractivity contribution < 1.29 is 0 Å². The number of aromatic nitrogens is 2. The van der Waals surface area contributed by atoms with E-state index in [2.05, 4.69) is 21.0 Å². The van der Waals surface area contributed by atoms with Gasteiger partial charge in [-0.3, -0.25) is 4.79 Å². The number of nitrogens with zero attached hydrogens (tertiary/aromatic N) is 2. The molecule has 0 fully saturated rings. The molecule has 5 heteroatoms. The summed E-state index contributed by atoms with van der Waals surface area (Å²) < 4.78 is 2.26. The van der Waals surface area contributed by atoms with E-state index in [1.165, 1.54) is 4.68 Å². The number of halogens is 1. The van der Waals surface area contributed by atoms with Crippen LogP contribution in [-0.4, -0.2) is 9.78 Å². The second-order valence-electron chi connectivity index (χ2n) is 3.88. The first-order valence-corrected chi connectivity index (χ1v) is 5.93. The molecule has 2 aromatic rings. The molecule has 0 aliphatic heterocycles.